The molecule has 0 spiro atoms. The normalized spacial score (nSPS) is 13.5. The Labute approximate surface area is 206 Å². The monoisotopic (exact) mass is 486 g/mol. The number of hydrogen-bond donors (Lipinski definition) is 1. The van der Waals surface area contributed by atoms with E-state index in [0.717, 1.165) is 15.2 Å². The number of anilines is 2. The molecule has 0 fully saturated rings. The summed E-state index contributed by atoms with van der Waals surface area (Å²) in [5, 5.41) is 3.91. The molecule has 7 heteroatoms. The summed E-state index contributed by atoms with van der Waals surface area (Å²) in [6.07, 6.45) is 7.35. The quantitative estimate of drug-likeness (QED) is 0.285. The summed E-state index contributed by atoms with van der Waals surface area (Å²) in [5.74, 6) is 0.772. The van der Waals surface area contributed by atoms with E-state index in [1.165, 1.54) is 34.2 Å². The number of aromatic nitrogens is 2. The van der Waals surface area contributed by atoms with Crippen LogP contribution in [0.2, 0.25) is 0 Å². The van der Waals surface area contributed by atoms with Gasteiger partial charge in [-0.1, -0.05) is 89.8 Å². The van der Waals surface area contributed by atoms with Crippen LogP contribution in [-0.2, 0) is 0 Å². The second-order valence-electron chi connectivity index (χ2n) is 7.81. The van der Waals surface area contributed by atoms with Crippen molar-refractivity contribution in [3.05, 3.63) is 125 Å². The van der Waals surface area contributed by atoms with Crippen LogP contribution in [0.15, 0.2) is 118 Å². The van der Waals surface area contributed by atoms with E-state index in [2.05, 4.69) is 63.8 Å². The van der Waals surface area contributed by atoms with Crippen molar-refractivity contribution in [3.63, 3.8) is 0 Å². The fourth-order valence-electron chi connectivity index (χ4n) is 3.81. The number of nitrogens with zero attached hydrogens (tertiary/aromatic N) is 3. The van der Waals surface area contributed by atoms with Gasteiger partial charge in [-0.05, 0) is 29.3 Å². The van der Waals surface area contributed by atoms with E-state index in [1.54, 1.807) is 12.4 Å². The molecular weight excluding hydrogens is 463 g/mol. The second kappa shape index (κ2) is 10.7. The molecule has 170 valence electrons. The standard InChI is InChI=1S/C27H23FN4S2/c28-23-19-32(18-22(20-9-3-1-4-10-20)21-11-5-2-6-12-21)16-14-24(23)33-26-17-30-27(34-26)31-25-13-7-8-15-29-25/h1-17,22H,18-19H2,(H,29,30,31). The van der Waals surface area contributed by atoms with Gasteiger partial charge in [0.15, 0.2) is 5.13 Å². The van der Waals surface area contributed by atoms with Gasteiger partial charge in [-0.25, -0.2) is 14.4 Å². The van der Waals surface area contributed by atoms with Crippen molar-refractivity contribution >= 4 is 34.0 Å². The molecule has 1 aliphatic rings. The summed E-state index contributed by atoms with van der Waals surface area (Å²) in [5.41, 5.74) is 2.45. The highest BCUT2D eigenvalue weighted by Gasteiger charge is 2.21. The van der Waals surface area contributed by atoms with E-state index >= 15 is 4.39 Å². The fourth-order valence-corrected chi connectivity index (χ4v) is 5.67. The number of nitrogens with one attached hydrogen (secondary N) is 1. The Hall–Kier alpha value is -3.42. The molecule has 0 unspecified atom stereocenters. The summed E-state index contributed by atoms with van der Waals surface area (Å²) in [6.45, 7) is 0.960. The smallest absolute Gasteiger partial charge is 0.189 e. The lowest BCUT2D eigenvalue weighted by Crippen LogP contribution is -2.27. The average Bonchev–Trinajstić information content (AvgIpc) is 3.32. The van der Waals surface area contributed by atoms with E-state index in [1.807, 2.05) is 47.5 Å². The molecule has 2 aromatic heterocycles. The number of pyridine rings is 1. The summed E-state index contributed by atoms with van der Waals surface area (Å²) in [6, 6.07) is 26.5. The van der Waals surface area contributed by atoms with Gasteiger partial charge >= 0.3 is 0 Å². The van der Waals surface area contributed by atoms with Gasteiger partial charge in [-0.2, -0.15) is 0 Å². The minimum Gasteiger partial charge on any atom is -0.370 e. The maximum absolute atomic E-state index is 15.1. The molecule has 5 rings (SSSR count). The first-order valence-corrected chi connectivity index (χ1v) is 12.6. The first-order valence-electron chi connectivity index (χ1n) is 11.0. The predicted octanol–water partition coefficient (Wildman–Crippen LogP) is 7.22. The molecule has 2 aromatic carbocycles. The highest BCUT2D eigenvalue weighted by molar-refractivity contribution is 8.05. The van der Waals surface area contributed by atoms with Gasteiger partial charge in [-0.15, -0.1) is 0 Å². The summed E-state index contributed by atoms with van der Waals surface area (Å²) in [4.78, 5) is 11.3. The van der Waals surface area contributed by atoms with Crippen LogP contribution in [-0.4, -0.2) is 28.0 Å². The average molecular weight is 487 g/mol. The van der Waals surface area contributed by atoms with Gasteiger partial charge in [-0.3, -0.25) is 0 Å². The van der Waals surface area contributed by atoms with Crippen LogP contribution >= 0.6 is 23.1 Å². The molecule has 0 bridgehead atoms. The third-order valence-electron chi connectivity index (χ3n) is 5.46. The molecule has 4 nitrogen and oxygen atoms in total. The number of hydrogen-bond acceptors (Lipinski definition) is 6. The Bertz CT molecular complexity index is 1230. The third kappa shape index (κ3) is 5.55. The van der Waals surface area contributed by atoms with Crippen LogP contribution in [0.4, 0.5) is 15.3 Å². The number of benzene rings is 2. The molecule has 0 atom stereocenters. The van der Waals surface area contributed by atoms with Crippen LogP contribution < -0.4 is 5.32 Å². The Morgan fingerprint density at radius 1 is 0.941 bits per heavy atom. The van der Waals surface area contributed by atoms with Gasteiger partial charge in [0.2, 0.25) is 0 Å². The zero-order chi connectivity index (χ0) is 23.2. The van der Waals surface area contributed by atoms with Gasteiger partial charge in [0, 0.05) is 29.8 Å². The van der Waals surface area contributed by atoms with E-state index in [-0.39, 0.29) is 18.3 Å². The zero-order valence-corrected chi connectivity index (χ0v) is 20.0. The number of thioether (sulfide) groups is 1. The number of thiazole rings is 1. The number of rotatable bonds is 8. The minimum atomic E-state index is -0.125. The summed E-state index contributed by atoms with van der Waals surface area (Å²) < 4.78 is 16.0. The molecule has 0 radical (unpaired) electrons. The number of halogens is 1. The summed E-state index contributed by atoms with van der Waals surface area (Å²) >= 11 is 2.89. The Morgan fingerprint density at radius 3 is 2.29 bits per heavy atom. The third-order valence-corrected chi connectivity index (χ3v) is 7.55. The Balaban J connectivity index is 1.25. The van der Waals surface area contributed by atoms with Crippen LogP contribution in [0.1, 0.15) is 17.0 Å². The van der Waals surface area contributed by atoms with Crippen LogP contribution in [0.3, 0.4) is 0 Å². The van der Waals surface area contributed by atoms with E-state index < -0.39 is 0 Å². The molecular formula is C27H23FN4S2. The predicted molar refractivity (Wildman–Crippen MR) is 139 cm³/mol. The minimum absolute atomic E-state index is 0.125. The van der Waals surface area contributed by atoms with Crippen molar-refractivity contribution in [1.29, 1.82) is 0 Å². The van der Waals surface area contributed by atoms with Crippen molar-refractivity contribution < 1.29 is 4.39 Å². The van der Waals surface area contributed by atoms with Crippen LogP contribution in [0, 0.1) is 0 Å². The zero-order valence-electron chi connectivity index (χ0n) is 18.3. The molecule has 3 heterocycles. The van der Waals surface area contributed by atoms with E-state index in [4.69, 9.17) is 0 Å². The Morgan fingerprint density at radius 2 is 1.65 bits per heavy atom. The van der Waals surface area contributed by atoms with Crippen molar-refractivity contribution in [3.8, 4) is 0 Å². The lowest BCUT2D eigenvalue weighted by molar-refractivity contribution is 0.354. The molecule has 4 aromatic rings. The van der Waals surface area contributed by atoms with Crippen molar-refractivity contribution in [1.82, 2.24) is 14.9 Å². The fraction of sp³-hybridized carbons (Fsp3) is 0.111. The van der Waals surface area contributed by atoms with Crippen molar-refractivity contribution in [2.24, 2.45) is 0 Å². The van der Waals surface area contributed by atoms with E-state index in [0.29, 0.717) is 11.4 Å². The highest BCUT2D eigenvalue weighted by atomic mass is 32.2. The maximum Gasteiger partial charge on any atom is 0.189 e. The largest absolute Gasteiger partial charge is 0.370 e. The van der Waals surface area contributed by atoms with Crippen LogP contribution in [0.5, 0.6) is 0 Å². The molecule has 1 aliphatic heterocycles. The second-order valence-corrected chi connectivity index (χ2v) is 10.2. The van der Waals surface area contributed by atoms with Crippen LogP contribution in [0.25, 0.3) is 0 Å². The number of allylic oxidation sites excluding steroid dienone is 1. The van der Waals surface area contributed by atoms with E-state index in [9.17, 15) is 0 Å². The first-order chi connectivity index (χ1) is 16.7. The highest BCUT2D eigenvalue weighted by Crippen LogP contribution is 2.38. The summed E-state index contributed by atoms with van der Waals surface area (Å²) in [7, 11) is 0. The van der Waals surface area contributed by atoms with Gasteiger partial charge < -0.3 is 10.2 Å². The molecule has 0 amide bonds. The lowest BCUT2D eigenvalue weighted by Gasteiger charge is -2.29. The van der Waals surface area contributed by atoms with Gasteiger partial charge in [0.1, 0.15) is 11.6 Å². The van der Waals surface area contributed by atoms with Crippen molar-refractivity contribution in [2.75, 3.05) is 18.4 Å². The topological polar surface area (TPSA) is 41.1 Å². The molecule has 1 N–H and O–H groups in total. The van der Waals surface area contributed by atoms with Crippen molar-refractivity contribution in [2.45, 2.75) is 10.1 Å². The first kappa shape index (κ1) is 22.4. The lowest BCUT2D eigenvalue weighted by atomic mass is 9.91. The molecule has 0 aliphatic carbocycles. The SMILES string of the molecule is FC1=C(Sc2cnc(Nc3ccccn3)s2)C=CN(CC(c2ccccc2)c2ccccc2)C1. The molecule has 0 saturated carbocycles. The van der Waals surface area contributed by atoms with Gasteiger partial charge in [0.05, 0.1) is 17.0 Å². The van der Waals surface area contributed by atoms with Gasteiger partial charge in [0.25, 0.3) is 0 Å². The molecule has 34 heavy (non-hydrogen) atoms. The molecule has 0 saturated heterocycles. The maximum atomic E-state index is 15.1. The Kier molecular flexibility index (Phi) is 7.02.